The molecule has 0 spiro atoms. The van der Waals surface area contributed by atoms with Gasteiger partial charge in [0, 0.05) is 5.69 Å². The van der Waals surface area contributed by atoms with Gasteiger partial charge in [-0.05, 0) is 55.7 Å². The molecular weight excluding hydrogens is 312 g/mol. The Morgan fingerprint density at radius 2 is 1.70 bits per heavy atom. The summed E-state index contributed by atoms with van der Waals surface area (Å²) in [7, 11) is -3.35. The van der Waals surface area contributed by atoms with Gasteiger partial charge >= 0.3 is 0 Å². The van der Waals surface area contributed by atoms with Crippen molar-refractivity contribution >= 4 is 27.3 Å². The predicted molar refractivity (Wildman–Crippen MR) is 93.5 cm³/mol. The van der Waals surface area contributed by atoms with E-state index in [1.807, 2.05) is 32.0 Å². The Bertz CT molecular complexity index is 758. The number of nitrogens with one attached hydrogen (secondary N) is 2. The van der Waals surface area contributed by atoms with Crippen molar-refractivity contribution in [2.45, 2.75) is 33.6 Å². The van der Waals surface area contributed by atoms with Crippen LogP contribution in [-0.2, 0) is 10.0 Å². The molecule has 0 unspecified atom stereocenters. The van der Waals surface area contributed by atoms with E-state index in [4.69, 9.17) is 0 Å². The summed E-state index contributed by atoms with van der Waals surface area (Å²) in [5.41, 5.74) is 3.32. The van der Waals surface area contributed by atoms with Gasteiger partial charge in [-0.1, -0.05) is 19.4 Å². The molecule has 2 aromatic rings. The lowest BCUT2D eigenvalue weighted by Gasteiger charge is -2.09. The van der Waals surface area contributed by atoms with E-state index in [0.717, 1.165) is 12.1 Å². The summed E-state index contributed by atoms with van der Waals surface area (Å²) >= 11 is 0. The zero-order valence-electron chi connectivity index (χ0n) is 13.6. The molecule has 0 aliphatic carbocycles. The van der Waals surface area contributed by atoms with Crippen LogP contribution in [-0.4, -0.2) is 24.4 Å². The van der Waals surface area contributed by atoms with Crippen LogP contribution in [0.1, 0.15) is 30.9 Å². The van der Waals surface area contributed by atoms with Gasteiger partial charge in [0.1, 0.15) is 0 Å². The fourth-order valence-electron chi connectivity index (χ4n) is 1.97. The first-order valence-corrected chi connectivity index (χ1v) is 9.23. The number of benzene rings is 1. The van der Waals surface area contributed by atoms with Crippen LogP contribution < -0.4 is 10.0 Å². The van der Waals surface area contributed by atoms with Crippen molar-refractivity contribution < 1.29 is 8.42 Å². The molecule has 0 amide bonds. The third kappa shape index (κ3) is 5.21. The van der Waals surface area contributed by atoms with Crippen molar-refractivity contribution in [1.82, 2.24) is 10.2 Å². The largest absolute Gasteiger partial charge is 0.339 e. The van der Waals surface area contributed by atoms with Gasteiger partial charge in [0.25, 0.3) is 0 Å². The first kappa shape index (κ1) is 17.2. The highest BCUT2D eigenvalue weighted by Crippen LogP contribution is 2.18. The predicted octanol–water partition coefficient (Wildman–Crippen LogP) is 3.38. The fourth-order valence-corrected chi connectivity index (χ4v) is 3.16. The molecule has 0 aliphatic rings. The van der Waals surface area contributed by atoms with E-state index in [-0.39, 0.29) is 11.6 Å². The van der Waals surface area contributed by atoms with Crippen LogP contribution in [0, 0.1) is 13.8 Å². The zero-order chi connectivity index (χ0) is 16.9. The molecule has 2 N–H and O–H groups in total. The van der Waals surface area contributed by atoms with Crippen molar-refractivity contribution in [2.24, 2.45) is 0 Å². The molecule has 1 heterocycles. The molecule has 124 valence electrons. The van der Waals surface area contributed by atoms with Gasteiger partial charge in [0.05, 0.1) is 5.75 Å². The van der Waals surface area contributed by atoms with Crippen molar-refractivity contribution in [3.63, 3.8) is 0 Å². The molecule has 0 bridgehead atoms. The van der Waals surface area contributed by atoms with Crippen LogP contribution in [0.4, 0.5) is 17.3 Å². The van der Waals surface area contributed by atoms with E-state index in [2.05, 4.69) is 27.2 Å². The minimum atomic E-state index is -3.35. The van der Waals surface area contributed by atoms with Gasteiger partial charge in [-0.25, -0.2) is 8.42 Å². The smallest absolute Gasteiger partial charge is 0.233 e. The number of aromatic nitrogens is 2. The van der Waals surface area contributed by atoms with Gasteiger partial charge in [0.15, 0.2) is 11.6 Å². The van der Waals surface area contributed by atoms with E-state index >= 15 is 0 Å². The number of anilines is 3. The molecule has 0 saturated carbocycles. The highest BCUT2D eigenvalue weighted by atomic mass is 32.2. The van der Waals surface area contributed by atoms with Gasteiger partial charge in [-0.15, -0.1) is 10.2 Å². The van der Waals surface area contributed by atoms with E-state index in [0.29, 0.717) is 12.2 Å². The molecule has 2 rings (SSSR count). The summed E-state index contributed by atoms with van der Waals surface area (Å²) in [5, 5.41) is 11.1. The Morgan fingerprint density at radius 3 is 2.30 bits per heavy atom. The molecule has 23 heavy (non-hydrogen) atoms. The monoisotopic (exact) mass is 334 g/mol. The summed E-state index contributed by atoms with van der Waals surface area (Å²) in [5.74, 6) is 0.880. The van der Waals surface area contributed by atoms with E-state index < -0.39 is 10.0 Å². The minimum absolute atomic E-state index is 0.0911. The molecule has 0 radical (unpaired) electrons. The number of hydrogen-bond acceptors (Lipinski definition) is 5. The third-order valence-corrected chi connectivity index (χ3v) is 4.82. The molecule has 1 aromatic heterocycles. The number of unbranched alkanes of at least 4 members (excludes halogenated alkanes) is 1. The second-order valence-electron chi connectivity index (χ2n) is 5.50. The van der Waals surface area contributed by atoms with Crippen LogP contribution in [0.3, 0.4) is 0 Å². The number of rotatable bonds is 7. The minimum Gasteiger partial charge on any atom is -0.339 e. The number of nitrogens with zero attached hydrogens (tertiary/aromatic N) is 2. The molecule has 7 heteroatoms. The van der Waals surface area contributed by atoms with E-state index in [9.17, 15) is 8.42 Å². The SMILES string of the molecule is CCCCS(=O)(=O)Nc1ccc(Nc2ccc(C)c(C)c2)nn1. The lowest BCUT2D eigenvalue weighted by molar-refractivity contribution is 0.597. The van der Waals surface area contributed by atoms with Crippen LogP contribution in [0.15, 0.2) is 30.3 Å². The molecule has 1 aromatic carbocycles. The third-order valence-electron chi connectivity index (χ3n) is 3.47. The fraction of sp³-hybridized carbons (Fsp3) is 0.375. The number of hydrogen-bond donors (Lipinski definition) is 2. The summed E-state index contributed by atoms with van der Waals surface area (Å²) in [6.45, 7) is 6.04. The average Bonchev–Trinajstić information content (AvgIpc) is 2.51. The van der Waals surface area contributed by atoms with Gasteiger partial charge in [-0.3, -0.25) is 4.72 Å². The Morgan fingerprint density at radius 1 is 1.00 bits per heavy atom. The second-order valence-corrected chi connectivity index (χ2v) is 7.34. The van der Waals surface area contributed by atoms with Crippen molar-refractivity contribution in [3.05, 3.63) is 41.5 Å². The van der Waals surface area contributed by atoms with Gasteiger partial charge < -0.3 is 5.32 Å². The average molecular weight is 334 g/mol. The van der Waals surface area contributed by atoms with Crippen molar-refractivity contribution in [2.75, 3.05) is 15.8 Å². The highest BCUT2D eigenvalue weighted by Gasteiger charge is 2.10. The van der Waals surface area contributed by atoms with Crippen LogP contribution in [0.5, 0.6) is 0 Å². The second kappa shape index (κ2) is 7.41. The maximum absolute atomic E-state index is 11.8. The summed E-state index contributed by atoms with van der Waals surface area (Å²) in [6, 6.07) is 9.31. The molecule has 0 atom stereocenters. The Kier molecular flexibility index (Phi) is 5.54. The zero-order valence-corrected chi connectivity index (χ0v) is 14.4. The number of aryl methyl sites for hydroxylation is 2. The van der Waals surface area contributed by atoms with Crippen LogP contribution >= 0.6 is 0 Å². The Labute approximate surface area is 137 Å². The molecule has 6 nitrogen and oxygen atoms in total. The maximum atomic E-state index is 11.8. The molecule has 0 fully saturated rings. The Balaban J connectivity index is 2.03. The standard InChI is InChI=1S/C16H22N4O2S/c1-4-5-10-23(21,22)20-16-9-8-15(18-19-16)17-14-7-6-12(2)13(3)11-14/h6-9,11H,4-5,10H2,1-3H3,(H,17,18)(H,19,20). The quantitative estimate of drug-likeness (QED) is 0.811. The molecular formula is C16H22N4O2S. The molecule has 0 aliphatic heterocycles. The summed E-state index contributed by atoms with van der Waals surface area (Å²) < 4.78 is 26.1. The normalized spacial score (nSPS) is 11.3. The first-order valence-electron chi connectivity index (χ1n) is 7.58. The summed E-state index contributed by atoms with van der Waals surface area (Å²) in [4.78, 5) is 0. The molecule has 0 saturated heterocycles. The van der Waals surface area contributed by atoms with E-state index in [1.54, 1.807) is 12.1 Å². The van der Waals surface area contributed by atoms with Crippen LogP contribution in [0.2, 0.25) is 0 Å². The Hall–Kier alpha value is -2.15. The van der Waals surface area contributed by atoms with E-state index in [1.165, 1.54) is 11.1 Å². The lowest BCUT2D eigenvalue weighted by Crippen LogP contribution is -2.17. The van der Waals surface area contributed by atoms with Gasteiger partial charge in [0.2, 0.25) is 10.0 Å². The topological polar surface area (TPSA) is 84.0 Å². The van der Waals surface area contributed by atoms with Gasteiger partial charge in [-0.2, -0.15) is 0 Å². The van der Waals surface area contributed by atoms with Crippen molar-refractivity contribution in [3.8, 4) is 0 Å². The number of sulfonamides is 1. The first-order chi connectivity index (χ1) is 10.9. The highest BCUT2D eigenvalue weighted by molar-refractivity contribution is 7.92. The lowest BCUT2D eigenvalue weighted by atomic mass is 10.1. The van der Waals surface area contributed by atoms with Crippen molar-refractivity contribution in [1.29, 1.82) is 0 Å². The summed E-state index contributed by atoms with van der Waals surface area (Å²) in [6.07, 6.45) is 1.45. The maximum Gasteiger partial charge on any atom is 0.233 e. The van der Waals surface area contributed by atoms with Crippen LogP contribution in [0.25, 0.3) is 0 Å².